The molecule has 0 amide bonds. The van der Waals surface area contributed by atoms with Crippen molar-refractivity contribution in [3.63, 3.8) is 0 Å². The van der Waals surface area contributed by atoms with Gasteiger partial charge in [-0.15, -0.1) is 0 Å². The van der Waals surface area contributed by atoms with Crippen molar-refractivity contribution >= 4 is 15.9 Å². The average molecular weight is 286 g/mol. The third kappa shape index (κ3) is 3.19. The van der Waals surface area contributed by atoms with Gasteiger partial charge >= 0.3 is 0 Å². The molecule has 2 atom stereocenters. The van der Waals surface area contributed by atoms with Crippen LogP contribution in [0.3, 0.4) is 0 Å². The van der Waals surface area contributed by atoms with E-state index in [4.69, 9.17) is 9.47 Å². The van der Waals surface area contributed by atoms with Gasteiger partial charge in [0, 0.05) is 29.6 Å². The lowest BCUT2D eigenvalue weighted by atomic mass is 10.0. The molecule has 0 saturated carbocycles. The van der Waals surface area contributed by atoms with E-state index < -0.39 is 0 Å². The van der Waals surface area contributed by atoms with Crippen LogP contribution in [0.25, 0.3) is 0 Å². The molecule has 0 radical (unpaired) electrons. The van der Waals surface area contributed by atoms with E-state index in [9.17, 15) is 0 Å². The summed E-state index contributed by atoms with van der Waals surface area (Å²) < 4.78 is 12.5. The predicted molar refractivity (Wildman–Crippen MR) is 65.6 cm³/mol. The second-order valence-electron chi connectivity index (χ2n) is 4.28. The highest BCUT2D eigenvalue weighted by Gasteiger charge is 2.25. The molecule has 0 N–H and O–H groups in total. The van der Waals surface area contributed by atoms with Crippen molar-refractivity contribution in [3.05, 3.63) is 22.8 Å². The minimum Gasteiger partial charge on any atom is -0.474 e. The first-order valence-electron chi connectivity index (χ1n) is 5.57. The highest BCUT2D eigenvalue weighted by atomic mass is 79.9. The zero-order valence-electron chi connectivity index (χ0n) is 9.52. The van der Waals surface area contributed by atoms with Crippen molar-refractivity contribution < 1.29 is 9.47 Å². The molecule has 1 aliphatic rings. The lowest BCUT2D eigenvalue weighted by molar-refractivity contribution is -0.0729. The van der Waals surface area contributed by atoms with Crippen LogP contribution in [0.15, 0.2) is 22.8 Å². The first-order chi connectivity index (χ1) is 7.63. The highest BCUT2D eigenvalue weighted by Crippen LogP contribution is 2.23. The Bertz CT molecular complexity index is 331. The second-order valence-corrected chi connectivity index (χ2v) is 5.20. The molecular weight excluding hydrogens is 270 g/mol. The van der Waals surface area contributed by atoms with E-state index in [1.54, 1.807) is 6.20 Å². The van der Waals surface area contributed by atoms with Crippen molar-refractivity contribution in [1.82, 2.24) is 4.98 Å². The Labute approximate surface area is 104 Å². The number of aromatic nitrogens is 1. The zero-order chi connectivity index (χ0) is 11.5. The Morgan fingerprint density at radius 2 is 2.00 bits per heavy atom. The average Bonchev–Trinajstić information content (AvgIpc) is 2.20. The van der Waals surface area contributed by atoms with Gasteiger partial charge in [0.15, 0.2) is 0 Å². The van der Waals surface area contributed by atoms with Crippen LogP contribution in [0.5, 0.6) is 5.88 Å². The first-order valence-corrected chi connectivity index (χ1v) is 6.36. The van der Waals surface area contributed by atoms with Crippen molar-refractivity contribution in [1.29, 1.82) is 0 Å². The molecule has 0 spiro atoms. The van der Waals surface area contributed by atoms with E-state index in [1.807, 2.05) is 12.1 Å². The summed E-state index contributed by atoms with van der Waals surface area (Å²) in [5.74, 6) is 0.689. The number of rotatable bonds is 2. The van der Waals surface area contributed by atoms with Crippen LogP contribution >= 0.6 is 15.9 Å². The van der Waals surface area contributed by atoms with Crippen LogP contribution in [0.1, 0.15) is 26.7 Å². The molecule has 16 heavy (non-hydrogen) atoms. The number of ether oxygens (including phenoxy) is 2. The van der Waals surface area contributed by atoms with E-state index in [0.29, 0.717) is 5.88 Å². The Kier molecular flexibility index (Phi) is 3.82. The molecule has 2 unspecified atom stereocenters. The highest BCUT2D eigenvalue weighted by molar-refractivity contribution is 9.10. The topological polar surface area (TPSA) is 31.4 Å². The quantitative estimate of drug-likeness (QED) is 0.836. The van der Waals surface area contributed by atoms with Crippen molar-refractivity contribution in [2.24, 2.45) is 0 Å². The molecule has 0 aromatic carbocycles. The van der Waals surface area contributed by atoms with Crippen LogP contribution in [0.2, 0.25) is 0 Å². The van der Waals surface area contributed by atoms with E-state index in [0.717, 1.165) is 17.3 Å². The summed E-state index contributed by atoms with van der Waals surface area (Å²) in [6.45, 7) is 4.17. The maximum atomic E-state index is 5.84. The normalized spacial score (nSPS) is 30.1. The van der Waals surface area contributed by atoms with E-state index in [2.05, 4.69) is 34.8 Å². The summed E-state index contributed by atoms with van der Waals surface area (Å²) in [6.07, 6.45) is 4.37. The van der Waals surface area contributed by atoms with Gasteiger partial charge in [-0.3, -0.25) is 0 Å². The molecule has 3 nitrogen and oxygen atoms in total. The van der Waals surface area contributed by atoms with Crippen LogP contribution in [0, 0.1) is 0 Å². The van der Waals surface area contributed by atoms with Gasteiger partial charge in [-0.25, -0.2) is 4.98 Å². The molecule has 2 heterocycles. The van der Waals surface area contributed by atoms with Crippen molar-refractivity contribution in [2.45, 2.75) is 45.0 Å². The summed E-state index contributed by atoms with van der Waals surface area (Å²) in [5, 5.41) is 0. The number of hydrogen-bond acceptors (Lipinski definition) is 3. The molecule has 2 rings (SSSR count). The van der Waals surface area contributed by atoms with Crippen LogP contribution in [-0.4, -0.2) is 23.3 Å². The van der Waals surface area contributed by atoms with E-state index in [1.165, 1.54) is 0 Å². The third-order valence-electron chi connectivity index (χ3n) is 2.64. The molecule has 0 aliphatic carbocycles. The van der Waals surface area contributed by atoms with Crippen LogP contribution in [0.4, 0.5) is 0 Å². The van der Waals surface area contributed by atoms with Gasteiger partial charge in [0.25, 0.3) is 0 Å². The molecule has 88 valence electrons. The molecule has 1 aromatic rings. The summed E-state index contributed by atoms with van der Waals surface area (Å²) in [5.41, 5.74) is 0. The molecule has 4 heteroatoms. The van der Waals surface area contributed by atoms with Crippen molar-refractivity contribution in [2.75, 3.05) is 0 Å². The number of pyridine rings is 1. The van der Waals surface area contributed by atoms with Gasteiger partial charge in [0.2, 0.25) is 5.88 Å². The Hall–Kier alpha value is -0.610. The minimum atomic E-state index is 0.215. The number of halogens is 1. The maximum Gasteiger partial charge on any atom is 0.213 e. The third-order valence-corrected chi connectivity index (χ3v) is 3.11. The van der Waals surface area contributed by atoms with Gasteiger partial charge in [-0.1, -0.05) is 0 Å². The number of nitrogens with zero attached hydrogens (tertiary/aromatic N) is 1. The van der Waals surface area contributed by atoms with Crippen LogP contribution in [-0.2, 0) is 4.74 Å². The summed E-state index contributed by atoms with van der Waals surface area (Å²) in [7, 11) is 0. The molecule has 1 aromatic heterocycles. The smallest absolute Gasteiger partial charge is 0.213 e. The molecule has 1 aliphatic heterocycles. The molecule has 1 saturated heterocycles. The summed E-state index contributed by atoms with van der Waals surface area (Å²) in [6, 6.07) is 3.82. The van der Waals surface area contributed by atoms with Crippen molar-refractivity contribution in [3.8, 4) is 5.88 Å². The predicted octanol–water partition coefficient (Wildman–Crippen LogP) is 3.18. The number of hydrogen-bond donors (Lipinski definition) is 0. The minimum absolute atomic E-state index is 0.215. The molecular formula is C12H16BrNO2. The molecule has 0 bridgehead atoms. The van der Waals surface area contributed by atoms with Gasteiger partial charge < -0.3 is 9.47 Å². The van der Waals surface area contributed by atoms with E-state index >= 15 is 0 Å². The Morgan fingerprint density at radius 3 is 2.56 bits per heavy atom. The lowest BCUT2D eigenvalue weighted by Gasteiger charge is -2.31. The van der Waals surface area contributed by atoms with E-state index in [-0.39, 0.29) is 18.3 Å². The Morgan fingerprint density at radius 1 is 1.31 bits per heavy atom. The standard InChI is InChI=1S/C12H16BrNO2/c1-8-5-11(6-9(2)15-8)16-12-4-3-10(13)7-14-12/h3-4,7-9,11H,5-6H2,1-2H3. The summed E-state index contributed by atoms with van der Waals surface area (Å²) >= 11 is 3.35. The van der Waals surface area contributed by atoms with Gasteiger partial charge in [-0.2, -0.15) is 0 Å². The largest absolute Gasteiger partial charge is 0.474 e. The van der Waals surface area contributed by atoms with Gasteiger partial charge in [0.05, 0.1) is 12.2 Å². The SMILES string of the molecule is CC1CC(Oc2ccc(Br)cn2)CC(C)O1. The summed E-state index contributed by atoms with van der Waals surface area (Å²) in [4.78, 5) is 4.21. The zero-order valence-corrected chi connectivity index (χ0v) is 11.1. The van der Waals surface area contributed by atoms with Gasteiger partial charge in [0.1, 0.15) is 6.10 Å². The van der Waals surface area contributed by atoms with Crippen LogP contribution < -0.4 is 4.74 Å². The fourth-order valence-corrected chi connectivity index (χ4v) is 2.28. The fourth-order valence-electron chi connectivity index (χ4n) is 2.04. The molecule has 1 fully saturated rings. The van der Waals surface area contributed by atoms with Gasteiger partial charge in [-0.05, 0) is 35.8 Å². The monoisotopic (exact) mass is 285 g/mol. The first kappa shape index (κ1) is 11.9. The Balaban J connectivity index is 1.96. The lowest BCUT2D eigenvalue weighted by Crippen LogP contribution is -2.35. The maximum absolute atomic E-state index is 5.84. The second kappa shape index (κ2) is 5.15. The fraction of sp³-hybridized carbons (Fsp3) is 0.583.